The van der Waals surface area contributed by atoms with E-state index in [-0.39, 0.29) is 5.97 Å². The molecule has 0 amide bonds. The van der Waals surface area contributed by atoms with Crippen molar-refractivity contribution < 1.29 is 19.4 Å². The number of carbonyl (C=O) groups excluding carboxylic acids is 1. The summed E-state index contributed by atoms with van der Waals surface area (Å²) in [6.07, 6.45) is 43.9. The number of carbonyl (C=O) groups is 2. The van der Waals surface area contributed by atoms with Gasteiger partial charge in [0.15, 0.2) is 0 Å². The SMILES string of the molecule is CC(C)CCCCCCCCCCCCCCC(=O)O.CCCCCCCCCCCCCCCCCCCCCC(=O)Oc1ccccc1. The van der Waals surface area contributed by atoms with Crippen molar-refractivity contribution in [2.24, 2.45) is 5.92 Å². The van der Waals surface area contributed by atoms with Crippen molar-refractivity contribution in [3.05, 3.63) is 30.3 Å². The van der Waals surface area contributed by atoms with Crippen LogP contribution in [0.15, 0.2) is 30.3 Å². The van der Waals surface area contributed by atoms with E-state index in [2.05, 4.69) is 20.8 Å². The van der Waals surface area contributed by atoms with Crippen LogP contribution >= 0.6 is 0 Å². The minimum absolute atomic E-state index is 0.104. The van der Waals surface area contributed by atoms with Gasteiger partial charge in [-0.1, -0.05) is 232 Å². The van der Waals surface area contributed by atoms with Crippen LogP contribution in [0.4, 0.5) is 0 Å². The molecule has 1 rings (SSSR count). The maximum absolute atomic E-state index is 11.8. The summed E-state index contributed by atoms with van der Waals surface area (Å²) >= 11 is 0. The topological polar surface area (TPSA) is 63.6 Å². The van der Waals surface area contributed by atoms with Gasteiger partial charge in [-0.3, -0.25) is 9.59 Å². The van der Waals surface area contributed by atoms with E-state index in [1.165, 1.54) is 180 Å². The maximum atomic E-state index is 11.8. The molecule has 1 aromatic rings. The third kappa shape index (κ3) is 40.6. The van der Waals surface area contributed by atoms with Crippen LogP contribution in [0.25, 0.3) is 0 Å². The Kier molecular flexibility index (Phi) is 38.5. The third-order valence-corrected chi connectivity index (χ3v) is 9.88. The maximum Gasteiger partial charge on any atom is 0.311 e. The van der Waals surface area contributed by atoms with E-state index in [1.807, 2.05) is 30.3 Å². The molecule has 50 heavy (non-hydrogen) atoms. The molecule has 0 aliphatic rings. The summed E-state index contributed by atoms with van der Waals surface area (Å²) in [5.41, 5.74) is 0. The van der Waals surface area contributed by atoms with Crippen LogP contribution in [0, 0.1) is 5.92 Å². The van der Waals surface area contributed by atoms with Crippen molar-refractivity contribution in [3.8, 4) is 5.75 Å². The highest BCUT2D eigenvalue weighted by Gasteiger charge is 2.04. The Labute approximate surface area is 311 Å². The van der Waals surface area contributed by atoms with Crippen molar-refractivity contribution in [3.63, 3.8) is 0 Å². The molecule has 0 saturated heterocycles. The molecule has 0 atom stereocenters. The van der Waals surface area contributed by atoms with Crippen LogP contribution in [0.5, 0.6) is 5.75 Å². The zero-order chi connectivity index (χ0) is 36.6. The van der Waals surface area contributed by atoms with Gasteiger partial charge in [0.2, 0.25) is 0 Å². The number of para-hydroxylation sites is 1. The molecule has 0 fully saturated rings. The second-order valence-corrected chi connectivity index (χ2v) is 15.5. The van der Waals surface area contributed by atoms with Crippen LogP contribution in [0.3, 0.4) is 0 Å². The lowest BCUT2D eigenvalue weighted by Gasteiger charge is -2.05. The van der Waals surface area contributed by atoms with Gasteiger partial charge in [-0.2, -0.15) is 0 Å². The first-order valence-electron chi connectivity index (χ1n) is 21.9. The molecule has 0 unspecified atom stereocenters. The van der Waals surface area contributed by atoms with E-state index in [4.69, 9.17) is 9.84 Å². The fraction of sp³-hybridized carbons (Fsp3) is 0.826. The fourth-order valence-electron chi connectivity index (χ4n) is 6.62. The lowest BCUT2D eigenvalue weighted by Crippen LogP contribution is -2.07. The fourth-order valence-corrected chi connectivity index (χ4v) is 6.62. The van der Waals surface area contributed by atoms with Gasteiger partial charge in [-0.15, -0.1) is 0 Å². The van der Waals surface area contributed by atoms with Gasteiger partial charge >= 0.3 is 11.9 Å². The highest BCUT2D eigenvalue weighted by molar-refractivity contribution is 5.72. The number of rotatable bonds is 36. The molecule has 292 valence electrons. The van der Waals surface area contributed by atoms with E-state index < -0.39 is 5.97 Å². The summed E-state index contributed by atoms with van der Waals surface area (Å²) in [5.74, 6) is 0.761. The van der Waals surface area contributed by atoms with E-state index >= 15 is 0 Å². The number of esters is 1. The second kappa shape index (κ2) is 39.9. The minimum Gasteiger partial charge on any atom is -0.481 e. The molecular weight excluding hydrogens is 617 g/mol. The molecule has 4 nitrogen and oxygen atoms in total. The molecule has 0 aliphatic carbocycles. The highest BCUT2D eigenvalue weighted by atomic mass is 16.5. The number of carboxylic acids is 1. The summed E-state index contributed by atoms with van der Waals surface area (Å²) in [7, 11) is 0. The Morgan fingerprint density at radius 3 is 1.14 bits per heavy atom. The average Bonchev–Trinajstić information content (AvgIpc) is 3.10. The molecule has 0 aliphatic heterocycles. The molecule has 0 saturated carbocycles. The monoisotopic (exact) mass is 701 g/mol. The van der Waals surface area contributed by atoms with Gasteiger partial charge in [-0.25, -0.2) is 0 Å². The van der Waals surface area contributed by atoms with Gasteiger partial charge in [0.1, 0.15) is 5.75 Å². The molecule has 0 radical (unpaired) electrons. The largest absolute Gasteiger partial charge is 0.481 e. The summed E-state index contributed by atoms with van der Waals surface area (Å²) in [4.78, 5) is 22.1. The summed E-state index contributed by atoms with van der Waals surface area (Å²) in [6.45, 7) is 6.90. The van der Waals surface area contributed by atoms with E-state index in [0.717, 1.165) is 31.6 Å². The highest BCUT2D eigenvalue weighted by Crippen LogP contribution is 2.17. The van der Waals surface area contributed by atoms with Crippen LogP contribution in [-0.4, -0.2) is 17.0 Å². The van der Waals surface area contributed by atoms with Crippen LogP contribution in [0.2, 0.25) is 0 Å². The van der Waals surface area contributed by atoms with Gasteiger partial charge in [0, 0.05) is 12.8 Å². The van der Waals surface area contributed by atoms with Crippen LogP contribution in [-0.2, 0) is 9.59 Å². The zero-order valence-corrected chi connectivity index (χ0v) is 33.7. The van der Waals surface area contributed by atoms with Crippen LogP contribution in [0.1, 0.15) is 239 Å². The molecule has 0 aromatic heterocycles. The number of hydrogen-bond donors (Lipinski definition) is 1. The molecular formula is C46H84O4. The average molecular weight is 701 g/mol. The summed E-state index contributed by atoms with van der Waals surface area (Å²) in [6, 6.07) is 9.36. The Bertz CT molecular complexity index is 821. The van der Waals surface area contributed by atoms with E-state index in [1.54, 1.807) is 0 Å². The standard InChI is InChI=1S/C28H48O2.C18H36O2/c1-2-3-4-5-6-7-8-9-10-11-12-13-14-15-16-17-18-19-23-26-28(29)30-27-24-21-20-22-25-27;1-17(2)15-13-11-9-7-5-3-4-6-8-10-12-14-16-18(19)20/h20-22,24-25H,2-19,23,26H2,1H3;17H,3-16H2,1-2H3,(H,19,20). The predicted octanol–water partition coefficient (Wildman–Crippen LogP) is 15.6. The van der Waals surface area contributed by atoms with Gasteiger partial charge in [0.05, 0.1) is 0 Å². The van der Waals surface area contributed by atoms with Crippen molar-refractivity contribution in [2.75, 3.05) is 0 Å². The van der Waals surface area contributed by atoms with Crippen molar-refractivity contribution in [1.29, 1.82) is 0 Å². The molecule has 1 aromatic carbocycles. The van der Waals surface area contributed by atoms with Crippen molar-refractivity contribution in [1.82, 2.24) is 0 Å². The number of carboxylic acid groups (broad SMARTS) is 1. The molecule has 0 heterocycles. The van der Waals surface area contributed by atoms with Gasteiger partial charge < -0.3 is 9.84 Å². The smallest absolute Gasteiger partial charge is 0.311 e. The Morgan fingerprint density at radius 1 is 0.480 bits per heavy atom. The lowest BCUT2D eigenvalue weighted by atomic mass is 10.0. The number of aliphatic carboxylic acids is 1. The number of unbranched alkanes of at least 4 members (excludes halogenated alkanes) is 29. The number of benzene rings is 1. The molecule has 0 bridgehead atoms. The Hall–Kier alpha value is -1.84. The Morgan fingerprint density at radius 2 is 0.800 bits per heavy atom. The second-order valence-electron chi connectivity index (χ2n) is 15.5. The lowest BCUT2D eigenvalue weighted by molar-refractivity contribution is -0.137. The number of hydrogen-bond acceptors (Lipinski definition) is 3. The molecule has 0 spiro atoms. The van der Waals surface area contributed by atoms with Crippen molar-refractivity contribution >= 4 is 11.9 Å². The zero-order valence-electron chi connectivity index (χ0n) is 33.7. The predicted molar refractivity (Wildman–Crippen MR) is 217 cm³/mol. The van der Waals surface area contributed by atoms with Gasteiger partial charge in [-0.05, 0) is 30.9 Å². The molecule has 1 N–H and O–H groups in total. The quantitative estimate of drug-likeness (QED) is 0.0430. The summed E-state index contributed by atoms with van der Waals surface area (Å²) < 4.78 is 5.31. The normalized spacial score (nSPS) is 11.0. The first kappa shape index (κ1) is 48.2. The molecule has 4 heteroatoms. The first-order chi connectivity index (χ1) is 24.5. The Balaban J connectivity index is 0.00000105. The summed E-state index contributed by atoms with van der Waals surface area (Å²) in [5, 5.41) is 8.52. The van der Waals surface area contributed by atoms with Crippen molar-refractivity contribution in [2.45, 2.75) is 239 Å². The minimum atomic E-state index is -0.654. The number of ether oxygens (including phenoxy) is 1. The third-order valence-electron chi connectivity index (χ3n) is 9.88. The van der Waals surface area contributed by atoms with Crippen LogP contribution < -0.4 is 4.74 Å². The first-order valence-corrected chi connectivity index (χ1v) is 21.9. The van der Waals surface area contributed by atoms with Gasteiger partial charge in [0.25, 0.3) is 0 Å². The van der Waals surface area contributed by atoms with E-state index in [0.29, 0.717) is 18.6 Å². The van der Waals surface area contributed by atoms with E-state index in [9.17, 15) is 9.59 Å².